The third kappa shape index (κ3) is 8.03. The number of likely N-dealkylation sites (N-methyl/N-ethyl adjacent to an activating group) is 1. The van der Waals surface area contributed by atoms with E-state index in [0.717, 1.165) is 70.4 Å². The van der Waals surface area contributed by atoms with Crippen LogP contribution in [0.2, 0.25) is 0 Å². The van der Waals surface area contributed by atoms with Crippen molar-refractivity contribution in [2.75, 3.05) is 86.2 Å². The van der Waals surface area contributed by atoms with Gasteiger partial charge in [0.2, 0.25) is 0 Å². The number of rotatable bonds is 8. The summed E-state index contributed by atoms with van der Waals surface area (Å²) in [6, 6.07) is 6.99. The Balaban J connectivity index is 1.45. The van der Waals surface area contributed by atoms with Gasteiger partial charge >= 0.3 is 0 Å². The minimum Gasteiger partial charge on any atom is -0.379 e. The molecule has 1 atom stereocenters. The molecule has 2 aliphatic heterocycles. The number of guanidine groups is 1. The largest absolute Gasteiger partial charge is 0.379 e. The molecular weight excluding hydrogens is 395 g/mol. The molecule has 174 valence electrons. The number of hydrogen-bond donors (Lipinski definition) is 2. The van der Waals surface area contributed by atoms with Gasteiger partial charge in [-0.25, -0.2) is 4.39 Å². The van der Waals surface area contributed by atoms with E-state index in [9.17, 15) is 4.39 Å². The molecule has 0 radical (unpaired) electrons. The highest BCUT2D eigenvalue weighted by Gasteiger charge is 2.23. The number of nitrogens with one attached hydrogen (secondary N) is 2. The zero-order valence-corrected chi connectivity index (χ0v) is 19.2. The Kier molecular flexibility index (Phi) is 9.99. The second kappa shape index (κ2) is 13.0. The second-order valence-corrected chi connectivity index (χ2v) is 8.45. The molecule has 2 fully saturated rings. The summed E-state index contributed by atoms with van der Waals surface area (Å²) in [5, 5.41) is 6.93. The van der Waals surface area contributed by atoms with Crippen molar-refractivity contribution in [2.45, 2.75) is 18.9 Å². The van der Waals surface area contributed by atoms with Crippen molar-refractivity contribution in [3.05, 3.63) is 35.6 Å². The van der Waals surface area contributed by atoms with Crippen LogP contribution in [-0.4, -0.2) is 107 Å². The highest BCUT2D eigenvalue weighted by atomic mass is 19.1. The fraction of sp³-hybridized carbons (Fsp3) is 0.696. The van der Waals surface area contributed by atoms with Gasteiger partial charge in [-0.05, 0) is 57.2 Å². The summed E-state index contributed by atoms with van der Waals surface area (Å²) < 4.78 is 18.9. The van der Waals surface area contributed by atoms with Gasteiger partial charge in [-0.2, -0.15) is 0 Å². The highest BCUT2D eigenvalue weighted by Crippen LogP contribution is 2.21. The zero-order valence-electron chi connectivity index (χ0n) is 19.2. The maximum Gasteiger partial charge on any atom is 0.191 e. The lowest BCUT2D eigenvalue weighted by molar-refractivity contribution is 0.0170. The van der Waals surface area contributed by atoms with E-state index in [1.807, 2.05) is 19.2 Å². The molecule has 8 heteroatoms. The maximum atomic E-state index is 13.4. The molecule has 1 aromatic carbocycles. The predicted octanol–water partition coefficient (Wildman–Crippen LogP) is 1.39. The van der Waals surface area contributed by atoms with Gasteiger partial charge in [0.15, 0.2) is 5.96 Å². The first-order valence-electron chi connectivity index (χ1n) is 11.6. The summed E-state index contributed by atoms with van der Waals surface area (Å²) in [6.07, 6.45) is 2.34. The number of nitrogens with zero attached hydrogens (tertiary/aromatic N) is 4. The Bertz CT molecular complexity index is 665. The summed E-state index contributed by atoms with van der Waals surface area (Å²) in [5.74, 6) is 0.613. The van der Waals surface area contributed by atoms with Gasteiger partial charge in [-0.3, -0.25) is 9.89 Å². The SMILES string of the molecule is CN=C(NCCCN1CCCN(C)CC1)NCC(c1ccc(F)cc1)N1CCOCC1. The standard InChI is InChI=1S/C23H39FN6O/c1-25-23(26-9-3-11-29-12-4-10-28(2)13-14-29)27-19-22(30-15-17-31-18-16-30)20-5-7-21(24)8-6-20/h5-8,22H,3-4,9-19H2,1-2H3,(H2,25,26,27). The Morgan fingerprint density at radius 2 is 1.84 bits per heavy atom. The molecule has 0 spiro atoms. The molecule has 2 saturated heterocycles. The van der Waals surface area contributed by atoms with Crippen LogP contribution in [0.3, 0.4) is 0 Å². The predicted molar refractivity (Wildman–Crippen MR) is 124 cm³/mol. The number of hydrogen-bond acceptors (Lipinski definition) is 5. The van der Waals surface area contributed by atoms with Gasteiger partial charge in [0.05, 0.1) is 19.3 Å². The first-order chi connectivity index (χ1) is 15.2. The molecule has 1 aromatic rings. The van der Waals surface area contributed by atoms with E-state index in [2.05, 4.69) is 37.4 Å². The molecule has 2 heterocycles. The molecule has 31 heavy (non-hydrogen) atoms. The van der Waals surface area contributed by atoms with E-state index in [-0.39, 0.29) is 11.9 Å². The van der Waals surface area contributed by atoms with Crippen molar-refractivity contribution in [3.8, 4) is 0 Å². The smallest absolute Gasteiger partial charge is 0.191 e. The fourth-order valence-corrected chi connectivity index (χ4v) is 4.28. The Hall–Kier alpha value is -1.74. The lowest BCUT2D eigenvalue weighted by Gasteiger charge is -2.35. The van der Waals surface area contributed by atoms with E-state index >= 15 is 0 Å². The van der Waals surface area contributed by atoms with Crippen molar-refractivity contribution in [2.24, 2.45) is 4.99 Å². The minimum absolute atomic E-state index is 0.150. The molecule has 2 N–H and O–H groups in total. The molecule has 0 saturated carbocycles. The number of benzene rings is 1. The Morgan fingerprint density at radius 1 is 1.06 bits per heavy atom. The maximum absolute atomic E-state index is 13.4. The number of halogens is 1. The number of aliphatic imine (C=N–C) groups is 1. The summed E-state index contributed by atoms with van der Waals surface area (Å²) in [6.45, 7) is 10.6. The quantitative estimate of drug-likeness (QED) is 0.366. The molecule has 0 amide bonds. The van der Waals surface area contributed by atoms with E-state index in [1.54, 1.807) is 0 Å². The highest BCUT2D eigenvalue weighted by molar-refractivity contribution is 5.79. The summed E-state index contributed by atoms with van der Waals surface area (Å²) in [7, 11) is 4.01. The molecule has 0 aromatic heterocycles. The summed E-state index contributed by atoms with van der Waals surface area (Å²) in [5.41, 5.74) is 1.11. The van der Waals surface area contributed by atoms with Crippen LogP contribution in [0.25, 0.3) is 0 Å². The lowest BCUT2D eigenvalue weighted by atomic mass is 10.0. The number of ether oxygens (including phenoxy) is 1. The summed E-state index contributed by atoms with van der Waals surface area (Å²) >= 11 is 0. The van der Waals surface area contributed by atoms with Crippen molar-refractivity contribution in [1.29, 1.82) is 0 Å². The normalized spacial score (nSPS) is 20.9. The van der Waals surface area contributed by atoms with Gasteiger partial charge in [0.1, 0.15) is 5.82 Å². The molecule has 7 nitrogen and oxygen atoms in total. The minimum atomic E-state index is -0.203. The van der Waals surface area contributed by atoms with Crippen LogP contribution < -0.4 is 10.6 Å². The van der Waals surface area contributed by atoms with Gasteiger partial charge in [0.25, 0.3) is 0 Å². The lowest BCUT2D eigenvalue weighted by Crippen LogP contribution is -2.46. The van der Waals surface area contributed by atoms with Crippen molar-refractivity contribution >= 4 is 5.96 Å². The monoisotopic (exact) mass is 434 g/mol. The van der Waals surface area contributed by atoms with Crippen LogP contribution in [0, 0.1) is 5.82 Å². The van der Waals surface area contributed by atoms with E-state index in [4.69, 9.17) is 4.74 Å². The van der Waals surface area contributed by atoms with Crippen LogP contribution >= 0.6 is 0 Å². The molecule has 0 bridgehead atoms. The van der Waals surface area contributed by atoms with E-state index in [1.165, 1.54) is 31.6 Å². The van der Waals surface area contributed by atoms with Crippen LogP contribution in [0.15, 0.2) is 29.3 Å². The van der Waals surface area contributed by atoms with Gasteiger partial charge in [0, 0.05) is 46.3 Å². The third-order valence-corrected chi connectivity index (χ3v) is 6.18. The van der Waals surface area contributed by atoms with Crippen molar-refractivity contribution in [3.63, 3.8) is 0 Å². The second-order valence-electron chi connectivity index (χ2n) is 8.45. The third-order valence-electron chi connectivity index (χ3n) is 6.18. The van der Waals surface area contributed by atoms with Crippen LogP contribution in [0.1, 0.15) is 24.4 Å². The Morgan fingerprint density at radius 3 is 2.58 bits per heavy atom. The van der Waals surface area contributed by atoms with Gasteiger partial charge < -0.3 is 25.2 Å². The average Bonchev–Trinajstić information content (AvgIpc) is 3.01. The first-order valence-corrected chi connectivity index (χ1v) is 11.6. The first kappa shape index (κ1) is 23.9. The Labute approximate surface area is 186 Å². The molecule has 1 unspecified atom stereocenters. The van der Waals surface area contributed by atoms with E-state index < -0.39 is 0 Å². The molecule has 2 aliphatic rings. The average molecular weight is 435 g/mol. The van der Waals surface area contributed by atoms with E-state index in [0.29, 0.717) is 6.54 Å². The van der Waals surface area contributed by atoms with Crippen LogP contribution in [0.4, 0.5) is 4.39 Å². The van der Waals surface area contributed by atoms with Crippen LogP contribution in [-0.2, 0) is 4.74 Å². The topological polar surface area (TPSA) is 55.4 Å². The fourth-order valence-electron chi connectivity index (χ4n) is 4.28. The number of morpholine rings is 1. The zero-order chi connectivity index (χ0) is 21.9. The molecular formula is C23H39FN6O. The summed E-state index contributed by atoms with van der Waals surface area (Å²) in [4.78, 5) is 11.8. The van der Waals surface area contributed by atoms with Crippen molar-refractivity contribution in [1.82, 2.24) is 25.3 Å². The van der Waals surface area contributed by atoms with Crippen molar-refractivity contribution < 1.29 is 9.13 Å². The van der Waals surface area contributed by atoms with Crippen LogP contribution in [0.5, 0.6) is 0 Å². The van der Waals surface area contributed by atoms with Gasteiger partial charge in [-0.1, -0.05) is 12.1 Å². The molecule has 0 aliphatic carbocycles. The molecule has 3 rings (SSSR count). The van der Waals surface area contributed by atoms with Gasteiger partial charge in [-0.15, -0.1) is 0 Å².